The summed E-state index contributed by atoms with van der Waals surface area (Å²) in [7, 11) is 0. The molecule has 228 valence electrons. The molecule has 0 saturated heterocycles. The summed E-state index contributed by atoms with van der Waals surface area (Å²) in [5.74, 6) is 0. The van der Waals surface area contributed by atoms with Crippen LogP contribution in [0.5, 0.6) is 0 Å². The molecule has 3 heteroatoms. The van der Waals surface area contributed by atoms with Gasteiger partial charge in [-0.2, -0.15) is 0 Å². The minimum Gasteiger partial charge on any atom is -0.354 e. The van der Waals surface area contributed by atoms with E-state index in [-0.39, 0.29) is 10.8 Å². The third kappa shape index (κ3) is 5.63. The molecule has 0 fully saturated rings. The zero-order chi connectivity index (χ0) is 32.2. The lowest BCUT2D eigenvalue weighted by Gasteiger charge is -2.26. The number of pyridine rings is 2. The summed E-state index contributed by atoms with van der Waals surface area (Å²) in [5.41, 5.74) is 14.5. The highest BCUT2D eigenvalue weighted by molar-refractivity contribution is 6.11. The number of nitrogens with one attached hydrogen (secondary N) is 1. The van der Waals surface area contributed by atoms with Crippen LogP contribution in [0.1, 0.15) is 58.2 Å². The first-order chi connectivity index (χ1) is 21.9. The summed E-state index contributed by atoms with van der Waals surface area (Å²) in [6.07, 6.45) is 1.93. The van der Waals surface area contributed by atoms with Crippen LogP contribution in [0.15, 0.2) is 115 Å². The Kier molecular flexibility index (Phi) is 7.16. The topological polar surface area (TPSA) is 41.6 Å². The number of nitrogens with zero attached hydrogens (tertiary/aromatic N) is 2. The quantitative estimate of drug-likeness (QED) is 0.219. The molecular weight excluding hydrogens is 558 g/mol. The van der Waals surface area contributed by atoms with Crippen molar-refractivity contribution in [2.24, 2.45) is 0 Å². The first kappa shape index (κ1) is 29.7. The number of benzene rings is 4. The molecule has 3 heterocycles. The van der Waals surface area contributed by atoms with E-state index in [1.165, 1.54) is 27.5 Å². The number of aromatic nitrogens is 3. The second-order valence-corrected chi connectivity index (χ2v) is 14.6. The van der Waals surface area contributed by atoms with Crippen molar-refractivity contribution >= 4 is 21.8 Å². The monoisotopic (exact) mass is 599 g/mol. The molecular formula is C43H41N3. The van der Waals surface area contributed by atoms with Gasteiger partial charge in [-0.15, -0.1) is 0 Å². The van der Waals surface area contributed by atoms with Gasteiger partial charge in [0.15, 0.2) is 0 Å². The fourth-order valence-corrected chi connectivity index (χ4v) is 6.21. The highest BCUT2D eigenvalue weighted by Crippen LogP contribution is 2.39. The van der Waals surface area contributed by atoms with Crippen molar-refractivity contribution in [2.75, 3.05) is 0 Å². The lowest BCUT2D eigenvalue weighted by molar-refractivity contribution is 0.569. The number of aryl methyl sites for hydroxylation is 1. The van der Waals surface area contributed by atoms with E-state index < -0.39 is 0 Å². The summed E-state index contributed by atoms with van der Waals surface area (Å²) in [6.45, 7) is 15.8. The number of hydrogen-bond donors (Lipinski definition) is 1. The van der Waals surface area contributed by atoms with Gasteiger partial charge in [-0.1, -0.05) is 120 Å². The maximum atomic E-state index is 5.37. The van der Waals surface area contributed by atoms with Gasteiger partial charge in [0.1, 0.15) is 0 Å². The average Bonchev–Trinajstić information content (AvgIpc) is 3.43. The van der Waals surface area contributed by atoms with Gasteiger partial charge in [0.2, 0.25) is 0 Å². The van der Waals surface area contributed by atoms with E-state index >= 15 is 0 Å². The molecule has 7 rings (SSSR count). The normalized spacial score (nSPS) is 12.2. The van der Waals surface area contributed by atoms with Crippen molar-refractivity contribution in [1.29, 1.82) is 0 Å². The van der Waals surface area contributed by atoms with Crippen molar-refractivity contribution in [1.82, 2.24) is 15.0 Å². The van der Waals surface area contributed by atoms with Crippen molar-refractivity contribution < 1.29 is 0 Å². The Labute approximate surface area is 272 Å². The summed E-state index contributed by atoms with van der Waals surface area (Å²) < 4.78 is 0. The first-order valence-corrected chi connectivity index (χ1v) is 16.2. The Morgan fingerprint density at radius 3 is 1.85 bits per heavy atom. The van der Waals surface area contributed by atoms with Gasteiger partial charge in [0.25, 0.3) is 0 Å². The highest BCUT2D eigenvalue weighted by atomic mass is 14.7. The van der Waals surface area contributed by atoms with Gasteiger partial charge in [-0.25, -0.2) is 4.98 Å². The number of fused-ring (bicyclic) bond motifs is 3. The van der Waals surface area contributed by atoms with Gasteiger partial charge >= 0.3 is 0 Å². The minimum atomic E-state index is 0.0139. The van der Waals surface area contributed by atoms with Crippen molar-refractivity contribution in [3.63, 3.8) is 0 Å². The standard InChI is InChI=1S/C43H41N3/c1-27-18-19-37(44-26-27)28-12-10-13-29(20-28)39-23-31(30-21-32(42(2,3)4)25-33(22-30)43(5,6)7)24-40(45-39)36-16-11-15-35-34-14-8-9-17-38(34)46-41(35)36/h8-26,46H,1-7H3. The molecule has 0 amide bonds. The molecule has 0 unspecified atom stereocenters. The van der Waals surface area contributed by atoms with E-state index in [4.69, 9.17) is 9.97 Å². The average molecular weight is 600 g/mol. The zero-order valence-electron chi connectivity index (χ0n) is 27.9. The fraction of sp³-hybridized carbons (Fsp3) is 0.209. The van der Waals surface area contributed by atoms with E-state index in [1.807, 2.05) is 6.20 Å². The van der Waals surface area contributed by atoms with E-state index in [2.05, 4.69) is 163 Å². The predicted molar refractivity (Wildman–Crippen MR) is 195 cm³/mol. The maximum absolute atomic E-state index is 5.37. The lowest BCUT2D eigenvalue weighted by Crippen LogP contribution is -2.16. The number of aromatic amines is 1. The Hall–Kier alpha value is -5.02. The summed E-state index contributed by atoms with van der Waals surface area (Å²) in [6, 6.07) is 39.5. The number of para-hydroxylation sites is 2. The number of H-pyrrole nitrogens is 1. The fourth-order valence-electron chi connectivity index (χ4n) is 6.21. The molecule has 3 aromatic heterocycles. The molecule has 46 heavy (non-hydrogen) atoms. The van der Waals surface area contributed by atoms with E-state index in [9.17, 15) is 0 Å². The second-order valence-electron chi connectivity index (χ2n) is 14.6. The van der Waals surface area contributed by atoms with Crippen LogP contribution in [0.4, 0.5) is 0 Å². The lowest BCUT2D eigenvalue weighted by atomic mass is 9.79. The second kappa shape index (κ2) is 11.1. The third-order valence-electron chi connectivity index (χ3n) is 9.01. The van der Waals surface area contributed by atoms with Crippen LogP contribution in [0.3, 0.4) is 0 Å². The van der Waals surface area contributed by atoms with E-state index in [0.29, 0.717) is 0 Å². The van der Waals surface area contributed by atoms with Crippen LogP contribution in [0.25, 0.3) is 66.7 Å². The Morgan fingerprint density at radius 2 is 1.15 bits per heavy atom. The van der Waals surface area contributed by atoms with Gasteiger partial charge < -0.3 is 4.98 Å². The summed E-state index contributed by atoms with van der Waals surface area (Å²) in [5, 5.41) is 2.43. The molecule has 0 aliphatic heterocycles. The molecule has 0 spiro atoms. The summed E-state index contributed by atoms with van der Waals surface area (Å²) in [4.78, 5) is 13.8. The first-order valence-electron chi connectivity index (χ1n) is 16.2. The third-order valence-corrected chi connectivity index (χ3v) is 9.01. The SMILES string of the molecule is Cc1ccc(-c2cccc(-c3cc(-c4cc(C(C)(C)C)cc(C(C)(C)C)c4)cc(-c4cccc5c4[nH]c4ccccc45)n3)c2)nc1. The Morgan fingerprint density at radius 1 is 0.522 bits per heavy atom. The van der Waals surface area contributed by atoms with Crippen molar-refractivity contribution in [2.45, 2.75) is 59.3 Å². The smallest absolute Gasteiger partial charge is 0.0736 e. The van der Waals surface area contributed by atoms with Crippen molar-refractivity contribution in [3.05, 3.63) is 132 Å². The van der Waals surface area contributed by atoms with Gasteiger partial charge in [0.05, 0.1) is 22.6 Å². The number of hydrogen-bond acceptors (Lipinski definition) is 2. The van der Waals surface area contributed by atoms with Gasteiger partial charge in [-0.3, -0.25) is 4.98 Å². The predicted octanol–water partition coefficient (Wildman–Crippen LogP) is 11.7. The molecule has 0 saturated carbocycles. The van der Waals surface area contributed by atoms with E-state index in [0.717, 1.165) is 55.9 Å². The number of rotatable bonds is 4. The van der Waals surface area contributed by atoms with Crippen LogP contribution >= 0.6 is 0 Å². The Balaban J connectivity index is 1.48. The van der Waals surface area contributed by atoms with Gasteiger partial charge in [0, 0.05) is 39.2 Å². The zero-order valence-corrected chi connectivity index (χ0v) is 27.9. The minimum absolute atomic E-state index is 0.0139. The van der Waals surface area contributed by atoms with Crippen molar-refractivity contribution in [3.8, 4) is 44.9 Å². The van der Waals surface area contributed by atoms with Crippen LogP contribution < -0.4 is 0 Å². The molecule has 7 aromatic rings. The molecule has 0 radical (unpaired) electrons. The van der Waals surface area contributed by atoms with Crippen LogP contribution in [-0.4, -0.2) is 15.0 Å². The molecule has 0 aliphatic carbocycles. The maximum Gasteiger partial charge on any atom is 0.0736 e. The largest absolute Gasteiger partial charge is 0.354 e. The van der Waals surface area contributed by atoms with Crippen LogP contribution in [0.2, 0.25) is 0 Å². The molecule has 3 nitrogen and oxygen atoms in total. The molecule has 1 N–H and O–H groups in total. The summed E-state index contributed by atoms with van der Waals surface area (Å²) >= 11 is 0. The van der Waals surface area contributed by atoms with E-state index in [1.54, 1.807) is 0 Å². The molecule has 0 bridgehead atoms. The van der Waals surface area contributed by atoms with Crippen LogP contribution in [0, 0.1) is 6.92 Å². The molecule has 4 aromatic carbocycles. The van der Waals surface area contributed by atoms with Gasteiger partial charge in [-0.05, 0) is 75.9 Å². The molecule has 0 atom stereocenters. The molecule has 0 aliphatic rings. The van der Waals surface area contributed by atoms with Crippen LogP contribution in [-0.2, 0) is 10.8 Å². The Bertz CT molecular complexity index is 2190. The highest BCUT2D eigenvalue weighted by Gasteiger charge is 2.22.